The molecular weight excluding hydrogens is 304 g/mol. The van der Waals surface area contributed by atoms with Crippen LogP contribution in [0.25, 0.3) is 6.08 Å². The molecule has 3 rings (SSSR count). The maximum Gasteiger partial charge on any atom is 0.335 e. The van der Waals surface area contributed by atoms with E-state index < -0.39 is 17.8 Å². The van der Waals surface area contributed by atoms with E-state index in [1.807, 2.05) is 32.0 Å². The minimum absolute atomic E-state index is 0.0687. The number of nitrogens with one attached hydrogen (secondary N) is 1. The van der Waals surface area contributed by atoms with Crippen molar-refractivity contribution in [1.29, 1.82) is 0 Å². The summed E-state index contributed by atoms with van der Waals surface area (Å²) in [6, 6.07) is 13.6. The highest BCUT2D eigenvalue weighted by Crippen LogP contribution is 2.22. The Labute approximate surface area is 139 Å². The van der Waals surface area contributed by atoms with Gasteiger partial charge in [0, 0.05) is 0 Å². The largest absolute Gasteiger partial charge is 0.335 e. The second-order valence-electron chi connectivity index (χ2n) is 5.71. The highest BCUT2D eigenvalue weighted by molar-refractivity contribution is 6.39. The van der Waals surface area contributed by atoms with Crippen LogP contribution in [0.2, 0.25) is 0 Å². The quantitative estimate of drug-likeness (QED) is 0.683. The summed E-state index contributed by atoms with van der Waals surface area (Å²) in [5, 5.41) is 2.22. The zero-order valence-corrected chi connectivity index (χ0v) is 13.4. The van der Waals surface area contributed by atoms with E-state index in [1.165, 1.54) is 6.08 Å². The summed E-state index contributed by atoms with van der Waals surface area (Å²) < 4.78 is 0. The fourth-order valence-corrected chi connectivity index (χ4v) is 2.51. The second kappa shape index (κ2) is 6.12. The number of rotatable bonds is 2. The summed E-state index contributed by atoms with van der Waals surface area (Å²) in [6.07, 6.45) is 1.50. The van der Waals surface area contributed by atoms with Crippen molar-refractivity contribution in [2.75, 3.05) is 4.90 Å². The van der Waals surface area contributed by atoms with Crippen molar-refractivity contribution in [2.24, 2.45) is 0 Å². The molecule has 1 N–H and O–H groups in total. The van der Waals surface area contributed by atoms with Gasteiger partial charge in [-0.25, -0.2) is 9.69 Å². The summed E-state index contributed by atoms with van der Waals surface area (Å²) in [6.45, 7) is 3.83. The second-order valence-corrected chi connectivity index (χ2v) is 5.71. The molecular formula is C19H16N2O3. The maximum atomic E-state index is 12.7. The van der Waals surface area contributed by atoms with Crippen LogP contribution in [0.4, 0.5) is 10.5 Å². The molecule has 1 aliphatic heterocycles. The average molecular weight is 320 g/mol. The molecule has 0 radical (unpaired) electrons. The lowest BCUT2D eigenvalue weighted by molar-refractivity contribution is -0.122. The first-order valence-corrected chi connectivity index (χ1v) is 7.50. The Bertz CT molecular complexity index is 866. The number of nitrogens with zero attached hydrogens (tertiary/aromatic N) is 1. The van der Waals surface area contributed by atoms with E-state index in [0.29, 0.717) is 5.69 Å². The van der Waals surface area contributed by atoms with E-state index in [-0.39, 0.29) is 5.57 Å². The van der Waals surface area contributed by atoms with Crippen molar-refractivity contribution in [3.05, 3.63) is 70.8 Å². The summed E-state index contributed by atoms with van der Waals surface area (Å²) >= 11 is 0. The Morgan fingerprint density at radius 1 is 0.917 bits per heavy atom. The molecule has 24 heavy (non-hydrogen) atoms. The molecule has 1 heterocycles. The molecule has 5 nitrogen and oxygen atoms in total. The fourth-order valence-electron chi connectivity index (χ4n) is 2.51. The summed E-state index contributed by atoms with van der Waals surface area (Å²) in [5.41, 5.74) is 3.10. The van der Waals surface area contributed by atoms with Gasteiger partial charge in [-0.15, -0.1) is 0 Å². The van der Waals surface area contributed by atoms with Gasteiger partial charge in [0.05, 0.1) is 5.69 Å². The number of imide groups is 2. The lowest BCUT2D eigenvalue weighted by Gasteiger charge is -2.26. The lowest BCUT2D eigenvalue weighted by Crippen LogP contribution is -2.54. The standard InChI is InChI=1S/C19H16N2O3/c1-12-6-8-15(9-7-12)21-18(23)16(17(22)20-19(21)24)11-14-5-3-4-13(2)10-14/h3-11H,1-2H3,(H,20,22,24)/b16-11+. The van der Waals surface area contributed by atoms with Gasteiger partial charge in [0.2, 0.25) is 0 Å². The Kier molecular flexibility index (Phi) is 4.00. The van der Waals surface area contributed by atoms with Gasteiger partial charge >= 0.3 is 6.03 Å². The molecule has 2 aromatic carbocycles. The van der Waals surface area contributed by atoms with Crippen LogP contribution < -0.4 is 10.2 Å². The predicted octanol–water partition coefficient (Wildman–Crippen LogP) is 2.97. The molecule has 1 aliphatic rings. The number of hydrogen-bond acceptors (Lipinski definition) is 3. The summed E-state index contributed by atoms with van der Waals surface area (Å²) in [7, 11) is 0. The SMILES string of the molecule is Cc1ccc(N2C(=O)NC(=O)/C(=C\c3cccc(C)c3)C2=O)cc1. The molecule has 120 valence electrons. The van der Waals surface area contributed by atoms with Gasteiger partial charge in [-0.05, 0) is 37.6 Å². The number of carbonyl (C=O) groups excluding carboxylic acids is 3. The number of benzene rings is 2. The van der Waals surface area contributed by atoms with Crippen molar-refractivity contribution in [1.82, 2.24) is 5.32 Å². The van der Waals surface area contributed by atoms with Gasteiger partial charge in [0.25, 0.3) is 11.8 Å². The third-order valence-electron chi connectivity index (χ3n) is 3.75. The summed E-state index contributed by atoms with van der Waals surface area (Å²) in [4.78, 5) is 37.9. The smallest absolute Gasteiger partial charge is 0.273 e. The number of anilines is 1. The average Bonchev–Trinajstić information content (AvgIpc) is 2.53. The highest BCUT2D eigenvalue weighted by Gasteiger charge is 2.36. The number of hydrogen-bond donors (Lipinski definition) is 1. The minimum Gasteiger partial charge on any atom is -0.273 e. The normalized spacial score (nSPS) is 16.5. The van der Waals surface area contributed by atoms with Gasteiger partial charge in [0.15, 0.2) is 0 Å². The van der Waals surface area contributed by atoms with Gasteiger partial charge in [-0.1, -0.05) is 47.5 Å². The van der Waals surface area contributed by atoms with Crippen molar-refractivity contribution in [3.63, 3.8) is 0 Å². The third kappa shape index (κ3) is 2.96. The lowest BCUT2D eigenvalue weighted by atomic mass is 10.1. The van der Waals surface area contributed by atoms with E-state index in [0.717, 1.165) is 21.6 Å². The molecule has 0 bridgehead atoms. The number of carbonyl (C=O) groups is 3. The number of urea groups is 1. The van der Waals surface area contributed by atoms with Crippen molar-refractivity contribution >= 4 is 29.6 Å². The molecule has 0 aliphatic carbocycles. The van der Waals surface area contributed by atoms with Crippen LogP contribution in [-0.4, -0.2) is 17.8 Å². The molecule has 1 fully saturated rings. The van der Waals surface area contributed by atoms with Crippen molar-refractivity contribution < 1.29 is 14.4 Å². The Morgan fingerprint density at radius 2 is 1.62 bits per heavy atom. The Hall–Kier alpha value is -3.21. The molecule has 0 atom stereocenters. The van der Waals surface area contributed by atoms with Crippen LogP contribution in [-0.2, 0) is 9.59 Å². The number of aryl methyl sites for hydroxylation is 2. The molecule has 0 saturated carbocycles. The Morgan fingerprint density at radius 3 is 2.29 bits per heavy atom. The minimum atomic E-state index is -0.741. The van der Waals surface area contributed by atoms with E-state index in [4.69, 9.17) is 0 Å². The number of amides is 4. The van der Waals surface area contributed by atoms with Crippen LogP contribution in [0.15, 0.2) is 54.1 Å². The maximum absolute atomic E-state index is 12.7. The van der Waals surface area contributed by atoms with Gasteiger partial charge in [0.1, 0.15) is 5.57 Å². The first-order chi connectivity index (χ1) is 11.5. The monoisotopic (exact) mass is 320 g/mol. The van der Waals surface area contributed by atoms with Crippen LogP contribution in [0.1, 0.15) is 16.7 Å². The van der Waals surface area contributed by atoms with Crippen LogP contribution >= 0.6 is 0 Å². The molecule has 4 amide bonds. The molecule has 0 aromatic heterocycles. The van der Waals surface area contributed by atoms with Crippen LogP contribution in [0.3, 0.4) is 0 Å². The van der Waals surface area contributed by atoms with Crippen LogP contribution in [0.5, 0.6) is 0 Å². The fraction of sp³-hybridized carbons (Fsp3) is 0.105. The van der Waals surface area contributed by atoms with Gasteiger partial charge in [-0.2, -0.15) is 0 Å². The zero-order chi connectivity index (χ0) is 17.3. The highest BCUT2D eigenvalue weighted by atomic mass is 16.2. The molecule has 0 spiro atoms. The van der Waals surface area contributed by atoms with Crippen LogP contribution in [0, 0.1) is 13.8 Å². The van der Waals surface area contributed by atoms with Crippen molar-refractivity contribution in [3.8, 4) is 0 Å². The van der Waals surface area contributed by atoms with Crippen molar-refractivity contribution in [2.45, 2.75) is 13.8 Å². The topological polar surface area (TPSA) is 66.5 Å². The Balaban J connectivity index is 2.01. The van der Waals surface area contributed by atoms with Gasteiger partial charge in [-0.3, -0.25) is 14.9 Å². The summed E-state index contributed by atoms with van der Waals surface area (Å²) in [5.74, 6) is -1.32. The van der Waals surface area contributed by atoms with E-state index >= 15 is 0 Å². The number of barbiturate groups is 1. The van der Waals surface area contributed by atoms with E-state index in [1.54, 1.807) is 30.3 Å². The van der Waals surface area contributed by atoms with E-state index in [9.17, 15) is 14.4 Å². The zero-order valence-electron chi connectivity index (χ0n) is 13.4. The third-order valence-corrected chi connectivity index (χ3v) is 3.75. The molecule has 2 aromatic rings. The van der Waals surface area contributed by atoms with E-state index in [2.05, 4.69) is 5.32 Å². The molecule has 0 unspecified atom stereocenters. The molecule has 1 saturated heterocycles. The predicted molar refractivity (Wildman–Crippen MR) is 91.4 cm³/mol. The molecule has 5 heteroatoms. The van der Waals surface area contributed by atoms with Gasteiger partial charge < -0.3 is 0 Å². The first kappa shape index (κ1) is 15.7. The first-order valence-electron chi connectivity index (χ1n) is 7.50.